The third-order valence-electron chi connectivity index (χ3n) is 4.67. The predicted octanol–water partition coefficient (Wildman–Crippen LogP) is 4.83. The van der Waals surface area contributed by atoms with Crippen LogP contribution in [-0.4, -0.2) is 19.2 Å². The lowest BCUT2D eigenvalue weighted by atomic mass is 9.82. The normalized spacial score (nSPS) is 24.4. The second kappa shape index (κ2) is 6.61. The Morgan fingerprint density at radius 3 is 2.30 bits per heavy atom. The van der Waals surface area contributed by atoms with Crippen LogP contribution in [0.5, 0.6) is 5.75 Å². The average Bonchev–Trinajstić information content (AvgIpc) is 2.52. The van der Waals surface area contributed by atoms with Gasteiger partial charge in [0.25, 0.3) is 0 Å². The molecule has 3 rings (SSSR count). The van der Waals surface area contributed by atoms with Crippen LogP contribution in [0.15, 0.2) is 36.4 Å². The predicted molar refractivity (Wildman–Crippen MR) is 91.9 cm³/mol. The zero-order valence-electron chi connectivity index (χ0n) is 14.0. The van der Waals surface area contributed by atoms with Gasteiger partial charge >= 0.3 is 5.97 Å². The number of hydrogen-bond donors (Lipinski definition) is 0. The van der Waals surface area contributed by atoms with Gasteiger partial charge in [0.05, 0.1) is 18.8 Å². The van der Waals surface area contributed by atoms with E-state index in [1.807, 2.05) is 24.3 Å². The minimum Gasteiger partial charge on any atom is -0.490 e. The molecule has 0 bridgehead atoms. The lowest BCUT2D eigenvalue weighted by Crippen LogP contribution is -2.28. The molecule has 1 fully saturated rings. The molecule has 23 heavy (non-hydrogen) atoms. The van der Waals surface area contributed by atoms with Crippen molar-refractivity contribution in [2.45, 2.75) is 39.2 Å². The highest BCUT2D eigenvalue weighted by atomic mass is 16.5. The molecule has 1 aliphatic carbocycles. The molecule has 0 heterocycles. The van der Waals surface area contributed by atoms with Gasteiger partial charge in [-0.25, -0.2) is 4.79 Å². The van der Waals surface area contributed by atoms with Gasteiger partial charge in [-0.3, -0.25) is 0 Å². The van der Waals surface area contributed by atoms with Crippen molar-refractivity contribution >= 4 is 16.7 Å². The van der Waals surface area contributed by atoms with Crippen molar-refractivity contribution in [2.24, 2.45) is 11.8 Å². The number of esters is 1. The van der Waals surface area contributed by atoms with E-state index in [-0.39, 0.29) is 5.97 Å². The highest BCUT2D eigenvalue weighted by Crippen LogP contribution is 2.32. The Kier molecular flexibility index (Phi) is 4.56. The number of rotatable bonds is 3. The van der Waals surface area contributed by atoms with Crippen LogP contribution >= 0.6 is 0 Å². The lowest BCUT2D eigenvalue weighted by Gasteiger charge is -2.31. The molecule has 0 unspecified atom stereocenters. The van der Waals surface area contributed by atoms with E-state index in [2.05, 4.69) is 19.9 Å². The third-order valence-corrected chi connectivity index (χ3v) is 4.67. The minimum absolute atomic E-state index is 0.306. The van der Waals surface area contributed by atoms with Gasteiger partial charge in [0, 0.05) is 0 Å². The van der Waals surface area contributed by atoms with E-state index in [4.69, 9.17) is 9.47 Å². The molecule has 1 saturated carbocycles. The van der Waals surface area contributed by atoms with Crippen molar-refractivity contribution in [3.63, 3.8) is 0 Å². The van der Waals surface area contributed by atoms with Gasteiger partial charge in [0.15, 0.2) is 0 Å². The summed E-state index contributed by atoms with van der Waals surface area (Å²) in [5, 5.41) is 2.10. The van der Waals surface area contributed by atoms with Crippen LogP contribution in [0.1, 0.15) is 43.5 Å². The molecule has 122 valence electrons. The monoisotopic (exact) mass is 312 g/mol. The van der Waals surface area contributed by atoms with Gasteiger partial charge in [0.2, 0.25) is 0 Å². The van der Waals surface area contributed by atoms with Crippen LogP contribution in [0, 0.1) is 11.8 Å². The molecule has 0 radical (unpaired) electrons. The first-order valence-electron chi connectivity index (χ1n) is 8.34. The molecule has 1 aliphatic rings. The van der Waals surface area contributed by atoms with Gasteiger partial charge in [-0.1, -0.05) is 26.0 Å². The first-order chi connectivity index (χ1) is 11.0. The summed E-state index contributed by atoms with van der Waals surface area (Å²) < 4.78 is 11.0. The van der Waals surface area contributed by atoms with Gasteiger partial charge in [-0.15, -0.1) is 0 Å². The highest BCUT2D eigenvalue weighted by molar-refractivity contribution is 5.95. The van der Waals surface area contributed by atoms with Crippen molar-refractivity contribution in [1.82, 2.24) is 0 Å². The first-order valence-corrected chi connectivity index (χ1v) is 8.34. The maximum Gasteiger partial charge on any atom is 0.337 e. The van der Waals surface area contributed by atoms with E-state index in [0.29, 0.717) is 11.7 Å². The zero-order chi connectivity index (χ0) is 16.4. The van der Waals surface area contributed by atoms with Gasteiger partial charge < -0.3 is 9.47 Å². The summed E-state index contributed by atoms with van der Waals surface area (Å²) in [6.07, 6.45) is 3.86. The number of ether oxygens (including phenoxy) is 2. The Morgan fingerprint density at radius 2 is 1.61 bits per heavy atom. The molecule has 0 N–H and O–H groups in total. The maximum atomic E-state index is 11.6. The lowest BCUT2D eigenvalue weighted by molar-refractivity contribution is 0.0601. The Morgan fingerprint density at radius 1 is 0.957 bits per heavy atom. The van der Waals surface area contributed by atoms with Crippen LogP contribution in [-0.2, 0) is 4.74 Å². The molecule has 3 nitrogen and oxygen atoms in total. The molecular weight excluding hydrogens is 288 g/mol. The molecule has 2 aromatic carbocycles. The van der Waals surface area contributed by atoms with Crippen LogP contribution in [0.25, 0.3) is 10.8 Å². The van der Waals surface area contributed by atoms with Gasteiger partial charge in [0.1, 0.15) is 5.75 Å². The smallest absolute Gasteiger partial charge is 0.337 e. The fourth-order valence-corrected chi connectivity index (χ4v) is 3.70. The number of methoxy groups -OCH3 is 1. The molecule has 0 saturated heterocycles. The zero-order valence-corrected chi connectivity index (χ0v) is 14.0. The van der Waals surface area contributed by atoms with E-state index in [0.717, 1.165) is 41.2 Å². The molecule has 2 aromatic rings. The van der Waals surface area contributed by atoms with Crippen molar-refractivity contribution < 1.29 is 14.3 Å². The van der Waals surface area contributed by atoms with E-state index in [1.165, 1.54) is 13.5 Å². The van der Waals surface area contributed by atoms with E-state index in [9.17, 15) is 4.79 Å². The number of carbonyl (C=O) groups excluding carboxylic acids is 1. The van der Waals surface area contributed by atoms with Gasteiger partial charge in [-0.2, -0.15) is 0 Å². The third kappa shape index (κ3) is 3.66. The van der Waals surface area contributed by atoms with Crippen molar-refractivity contribution in [1.29, 1.82) is 0 Å². The molecule has 0 aliphatic heterocycles. The minimum atomic E-state index is -0.308. The SMILES string of the molecule is COC(=O)c1ccc2cc(OC3C[C@H](C)C[C@@H](C)C3)ccc2c1. The quantitative estimate of drug-likeness (QED) is 0.761. The number of benzene rings is 2. The molecule has 3 heteroatoms. The topological polar surface area (TPSA) is 35.5 Å². The fraction of sp³-hybridized carbons (Fsp3) is 0.450. The van der Waals surface area contributed by atoms with Crippen molar-refractivity contribution in [3.05, 3.63) is 42.0 Å². The van der Waals surface area contributed by atoms with E-state index < -0.39 is 0 Å². The summed E-state index contributed by atoms with van der Waals surface area (Å²) in [6, 6.07) is 11.7. The van der Waals surface area contributed by atoms with Crippen molar-refractivity contribution in [3.8, 4) is 5.75 Å². The maximum absolute atomic E-state index is 11.6. The number of hydrogen-bond acceptors (Lipinski definition) is 3. The first kappa shape index (κ1) is 15.9. The summed E-state index contributed by atoms with van der Waals surface area (Å²) in [4.78, 5) is 11.6. The fourth-order valence-electron chi connectivity index (χ4n) is 3.70. The van der Waals surface area contributed by atoms with Crippen LogP contribution in [0.2, 0.25) is 0 Å². The summed E-state index contributed by atoms with van der Waals surface area (Å²) in [6.45, 7) is 4.61. The van der Waals surface area contributed by atoms with Crippen molar-refractivity contribution in [2.75, 3.05) is 7.11 Å². The number of carbonyl (C=O) groups is 1. The summed E-state index contributed by atoms with van der Waals surface area (Å²) in [7, 11) is 1.40. The van der Waals surface area contributed by atoms with Gasteiger partial charge in [-0.05, 0) is 66.1 Å². The second-order valence-corrected chi connectivity index (χ2v) is 6.87. The van der Waals surface area contributed by atoms with Crippen LogP contribution in [0.4, 0.5) is 0 Å². The summed E-state index contributed by atoms with van der Waals surface area (Å²) in [5.74, 6) is 2.06. The molecule has 0 spiro atoms. The molecule has 2 atom stereocenters. The number of fused-ring (bicyclic) bond motifs is 1. The van der Waals surface area contributed by atoms with E-state index >= 15 is 0 Å². The van der Waals surface area contributed by atoms with E-state index in [1.54, 1.807) is 6.07 Å². The average molecular weight is 312 g/mol. The Hall–Kier alpha value is -2.03. The Labute approximate surface area is 137 Å². The summed E-state index contributed by atoms with van der Waals surface area (Å²) in [5.41, 5.74) is 0.573. The Balaban J connectivity index is 1.79. The summed E-state index contributed by atoms with van der Waals surface area (Å²) >= 11 is 0. The highest BCUT2D eigenvalue weighted by Gasteiger charge is 2.25. The van der Waals surface area contributed by atoms with Crippen LogP contribution < -0.4 is 4.74 Å². The standard InChI is InChI=1S/C20H24O3/c1-13-8-14(2)10-19(9-13)23-18-7-6-15-11-17(20(21)22-3)5-4-16(15)12-18/h4-7,11-14,19H,8-10H2,1-3H3/t13-,14-/m1/s1. The molecule has 0 aromatic heterocycles. The van der Waals surface area contributed by atoms with Crippen LogP contribution in [0.3, 0.4) is 0 Å². The molecular formula is C20H24O3. The second-order valence-electron chi connectivity index (χ2n) is 6.87. The largest absolute Gasteiger partial charge is 0.490 e. The Bertz CT molecular complexity index is 697. The molecule has 0 amide bonds.